The first kappa shape index (κ1) is 16.6. The number of rotatable bonds is 6. The summed E-state index contributed by atoms with van der Waals surface area (Å²) in [5.74, 6) is 1.61. The number of hydrogen-bond acceptors (Lipinski definition) is 4. The summed E-state index contributed by atoms with van der Waals surface area (Å²) in [6.45, 7) is 6.47. The number of amides is 1. The Morgan fingerprint density at radius 3 is 2.88 bits per heavy atom. The molecule has 1 aliphatic rings. The van der Waals surface area contributed by atoms with Crippen molar-refractivity contribution in [3.05, 3.63) is 30.5 Å². The van der Waals surface area contributed by atoms with Gasteiger partial charge < -0.3 is 14.8 Å². The molecule has 0 saturated carbocycles. The summed E-state index contributed by atoms with van der Waals surface area (Å²) in [7, 11) is 0. The van der Waals surface area contributed by atoms with Gasteiger partial charge in [-0.2, -0.15) is 0 Å². The number of nitrogens with one attached hydrogen (secondary N) is 1. The van der Waals surface area contributed by atoms with E-state index < -0.39 is 0 Å². The zero-order chi connectivity index (χ0) is 17.1. The van der Waals surface area contributed by atoms with E-state index in [0.717, 1.165) is 29.4 Å². The fraction of sp³-hybridized carbons (Fsp3) is 0.474. The third kappa shape index (κ3) is 3.61. The van der Waals surface area contributed by atoms with Crippen LogP contribution < -0.4 is 14.8 Å². The second kappa shape index (κ2) is 7.07. The smallest absolute Gasteiger partial charge is 0.223 e. The molecule has 2 atom stereocenters. The van der Waals surface area contributed by atoms with Gasteiger partial charge in [-0.1, -0.05) is 13.0 Å². The molecule has 1 aromatic heterocycles. The summed E-state index contributed by atoms with van der Waals surface area (Å²) in [4.78, 5) is 16.1. The van der Waals surface area contributed by atoms with Gasteiger partial charge in [0.25, 0.3) is 0 Å². The fourth-order valence-corrected chi connectivity index (χ4v) is 3.05. The van der Waals surface area contributed by atoms with Gasteiger partial charge >= 0.3 is 0 Å². The minimum Gasteiger partial charge on any atom is -0.491 e. The highest BCUT2D eigenvalue weighted by Gasteiger charge is 2.30. The van der Waals surface area contributed by atoms with Gasteiger partial charge in [0.15, 0.2) is 0 Å². The topological polar surface area (TPSA) is 60.5 Å². The van der Waals surface area contributed by atoms with Crippen molar-refractivity contribution in [2.45, 2.75) is 45.8 Å². The van der Waals surface area contributed by atoms with Crippen LogP contribution in [0.5, 0.6) is 11.6 Å². The molecule has 1 N–H and O–H groups in total. The highest BCUT2D eigenvalue weighted by Crippen LogP contribution is 2.28. The Bertz CT molecular complexity index is 730. The van der Waals surface area contributed by atoms with E-state index in [4.69, 9.17) is 9.47 Å². The van der Waals surface area contributed by atoms with Crippen molar-refractivity contribution in [3.8, 4) is 11.6 Å². The van der Waals surface area contributed by atoms with Crippen LogP contribution in [-0.4, -0.2) is 29.6 Å². The summed E-state index contributed by atoms with van der Waals surface area (Å²) in [6.07, 6.45) is 3.54. The van der Waals surface area contributed by atoms with E-state index in [9.17, 15) is 4.79 Å². The van der Waals surface area contributed by atoms with E-state index in [2.05, 4.69) is 10.3 Å². The van der Waals surface area contributed by atoms with Gasteiger partial charge in [0.2, 0.25) is 11.8 Å². The molecule has 128 valence electrons. The summed E-state index contributed by atoms with van der Waals surface area (Å²) >= 11 is 0. The van der Waals surface area contributed by atoms with Gasteiger partial charge in [-0.3, -0.25) is 4.79 Å². The zero-order valence-corrected chi connectivity index (χ0v) is 14.4. The van der Waals surface area contributed by atoms with Gasteiger partial charge in [-0.25, -0.2) is 4.98 Å². The van der Waals surface area contributed by atoms with Crippen molar-refractivity contribution in [2.75, 3.05) is 6.61 Å². The Labute approximate surface area is 142 Å². The lowest BCUT2D eigenvalue weighted by Crippen LogP contribution is -2.31. The molecule has 2 heterocycles. The summed E-state index contributed by atoms with van der Waals surface area (Å²) in [6, 6.07) is 7.92. The third-order valence-corrected chi connectivity index (χ3v) is 4.27. The second-order valence-electron chi connectivity index (χ2n) is 6.52. The van der Waals surface area contributed by atoms with E-state index in [1.807, 2.05) is 45.0 Å². The Morgan fingerprint density at radius 2 is 2.17 bits per heavy atom. The minimum atomic E-state index is 0.0506. The van der Waals surface area contributed by atoms with Gasteiger partial charge in [0, 0.05) is 17.5 Å². The maximum atomic E-state index is 11.8. The number of pyridine rings is 1. The Morgan fingerprint density at radius 1 is 1.33 bits per heavy atom. The molecule has 0 aliphatic carbocycles. The van der Waals surface area contributed by atoms with E-state index in [0.29, 0.717) is 12.5 Å². The molecule has 0 unspecified atom stereocenters. The Balaban J connectivity index is 1.75. The molecule has 5 nitrogen and oxygen atoms in total. The quantitative estimate of drug-likeness (QED) is 0.884. The molecule has 1 fully saturated rings. The first-order valence-electron chi connectivity index (χ1n) is 8.55. The maximum Gasteiger partial charge on any atom is 0.223 e. The largest absolute Gasteiger partial charge is 0.491 e. The Kier molecular flexibility index (Phi) is 4.88. The van der Waals surface area contributed by atoms with Crippen LogP contribution in [0.3, 0.4) is 0 Å². The summed E-state index contributed by atoms with van der Waals surface area (Å²) < 4.78 is 11.7. The molecular formula is C19H24N2O3. The molecule has 5 heteroatoms. The summed E-state index contributed by atoms with van der Waals surface area (Å²) in [5.41, 5.74) is 0. The fourth-order valence-electron chi connectivity index (χ4n) is 3.05. The van der Waals surface area contributed by atoms with Crippen LogP contribution in [0.25, 0.3) is 10.8 Å². The highest BCUT2D eigenvalue weighted by atomic mass is 16.5. The van der Waals surface area contributed by atoms with Crippen LogP contribution in [0, 0.1) is 5.92 Å². The zero-order valence-electron chi connectivity index (χ0n) is 14.4. The number of carbonyl (C=O) groups excluding carboxylic acids is 1. The number of aromatic nitrogens is 1. The normalized spacial score (nSPS) is 20.4. The summed E-state index contributed by atoms with van der Waals surface area (Å²) in [5, 5.41) is 4.97. The standard InChI is InChI=1S/C19H24N2O3/c1-4-13-9-15(21-18(13)22)11-23-19-17-10-16(24-12(2)3)6-5-14(17)7-8-20-19/h5-8,10,12-13,15H,4,9,11H2,1-3H3,(H,21,22)/t13-,15+/m1/s1. The van der Waals surface area contributed by atoms with Crippen molar-refractivity contribution < 1.29 is 14.3 Å². The van der Waals surface area contributed by atoms with Crippen molar-refractivity contribution in [2.24, 2.45) is 5.92 Å². The molecule has 1 saturated heterocycles. The number of benzene rings is 1. The molecule has 24 heavy (non-hydrogen) atoms. The number of carbonyl (C=O) groups is 1. The van der Waals surface area contributed by atoms with Gasteiger partial charge in [0.05, 0.1) is 12.1 Å². The first-order chi connectivity index (χ1) is 11.6. The average Bonchev–Trinajstić information content (AvgIpc) is 2.92. The molecule has 1 aliphatic heterocycles. The first-order valence-corrected chi connectivity index (χ1v) is 8.55. The molecule has 0 spiro atoms. The molecule has 1 amide bonds. The van der Waals surface area contributed by atoms with Crippen molar-refractivity contribution in [1.29, 1.82) is 0 Å². The molecule has 0 bridgehead atoms. The molecule has 1 aromatic carbocycles. The third-order valence-electron chi connectivity index (χ3n) is 4.27. The Hall–Kier alpha value is -2.30. The number of ether oxygens (including phenoxy) is 2. The van der Waals surface area contributed by atoms with Crippen molar-refractivity contribution >= 4 is 16.7 Å². The van der Waals surface area contributed by atoms with Crippen molar-refractivity contribution in [1.82, 2.24) is 10.3 Å². The van der Waals surface area contributed by atoms with Crippen LogP contribution in [-0.2, 0) is 4.79 Å². The van der Waals surface area contributed by atoms with E-state index in [1.54, 1.807) is 6.20 Å². The van der Waals surface area contributed by atoms with E-state index in [-0.39, 0.29) is 24.0 Å². The van der Waals surface area contributed by atoms with Gasteiger partial charge in [0.1, 0.15) is 12.4 Å². The lowest BCUT2D eigenvalue weighted by Gasteiger charge is -2.14. The molecule has 0 radical (unpaired) electrons. The van der Waals surface area contributed by atoms with Crippen LogP contribution in [0.2, 0.25) is 0 Å². The lowest BCUT2D eigenvalue weighted by atomic mass is 10.0. The molecule has 3 rings (SSSR count). The molecule has 2 aromatic rings. The second-order valence-corrected chi connectivity index (χ2v) is 6.52. The average molecular weight is 328 g/mol. The maximum absolute atomic E-state index is 11.8. The van der Waals surface area contributed by atoms with Crippen LogP contribution in [0.15, 0.2) is 30.5 Å². The minimum absolute atomic E-state index is 0.0506. The van der Waals surface area contributed by atoms with Crippen LogP contribution in [0.4, 0.5) is 0 Å². The predicted molar refractivity (Wildman–Crippen MR) is 93.3 cm³/mol. The predicted octanol–water partition coefficient (Wildman–Crippen LogP) is 3.32. The van der Waals surface area contributed by atoms with E-state index in [1.165, 1.54) is 0 Å². The van der Waals surface area contributed by atoms with E-state index >= 15 is 0 Å². The van der Waals surface area contributed by atoms with Crippen LogP contribution >= 0.6 is 0 Å². The van der Waals surface area contributed by atoms with Crippen molar-refractivity contribution in [3.63, 3.8) is 0 Å². The van der Waals surface area contributed by atoms with Crippen LogP contribution in [0.1, 0.15) is 33.6 Å². The SMILES string of the molecule is CC[C@@H]1C[C@@H](COc2nccc3ccc(OC(C)C)cc23)NC1=O. The monoisotopic (exact) mass is 328 g/mol. The highest BCUT2D eigenvalue weighted by molar-refractivity contribution is 5.88. The van der Waals surface area contributed by atoms with Gasteiger partial charge in [-0.15, -0.1) is 0 Å². The number of fused-ring (bicyclic) bond motifs is 1. The van der Waals surface area contributed by atoms with Gasteiger partial charge in [-0.05, 0) is 50.3 Å². The number of hydrogen-bond donors (Lipinski definition) is 1. The molecular weight excluding hydrogens is 304 g/mol. The lowest BCUT2D eigenvalue weighted by molar-refractivity contribution is -0.122. The number of nitrogens with zero attached hydrogens (tertiary/aromatic N) is 1.